The van der Waals surface area contributed by atoms with E-state index in [2.05, 4.69) is 10.6 Å². The normalized spacial score (nSPS) is 15.4. The number of nitrogens with one attached hydrogen (secondary N) is 2. The van der Waals surface area contributed by atoms with Crippen LogP contribution >= 0.6 is 0 Å². The van der Waals surface area contributed by atoms with Gasteiger partial charge in [-0.2, -0.15) is 0 Å². The van der Waals surface area contributed by atoms with Crippen molar-refractivity contribution in [2.24, 2.45) is 17.8 Å². The molecule has 2 atom stereocenters. The third-order valence-electron chi connectivity index (χ3n) is 7.48. The van der Waals surface area contributed by atoms with Gasteiger partial charge < -0.3 is 29.6 Å². The quantitative estimate of drug-likeness (QED) is 0.155. The number of amides is 1. The van der Waals surface area contributed by atoms with Crippen LogP contribution in [0, 0.1) is 17.8 Å². The Morgan fingerprint density at radius 3 is 2.41 bits per heavy atom. The van der Waals surface area contributed by atoms with Gasteiger partial charge in [0, 0.05) is 40.3 Å². The maximum absolute atomic E-state index is 12.6. The lowest BCUT2D eigenvalue weighted by molar-refractivity contribution is -0.146. The molecule has 0 saturated heterocycles. The number of ether oxygens (including phenoxy) is 4. The van der Waals surface area contributed by atoms with Crippen molar-refractivity contribution in [2.75, 3.05) is 53.7 Å². The van der Waals surface area contributed by atoms with Crippen LogP contribution in [0.2, 0.25) is 0 Å². The average Bonchev–Trinajstić information content (AvgIpc) is 2.96. The number of carbonyl (C=O) groups is 2. The maximum Gasteiger partial charge on any atom is 0.407 e. The molecule has 39 heavy (non-hydrogen) atoms. The van der Waals surface area contributed by atoms with Gasteiger partial charge >= 0.3 is 12.1 Å². The lowest BCUT2D eigenvalue weighted by Crippen LogP contribution is -2.29. The van der Waals surface area contributed by atoms with E-state index in [1.807, 2.05) is 30.3 Å². The van der Waals surface area contributed by atoms with Crippen molar-refractivity contribution in [1.82, 2.24) is 10.6 Å². The Hall–Kier alpha value is -2.16. The van der Waals surface area contributed by atoms with Crippen LogP contribution in [-0.4, -0.2) is 65.7 Å². The largest absolute Gasteiger partial charge is 0.461 e. The van der Waals surface area contributed by atoms with Gasteiger partial charge in [0.05, 0.1) is 13.2 Å². The van der Waals surface area contributed by atoms with Crippen LogP contribution in [0.15, 0.2) is 30.3 Å². The molecule has 222 valence electrons. The molecule has 0 aromatic heterocycles. The molecule has 2 N–H and O–H groups in total. The molecule has 8 heteroatoms. The molecule has 0 radical (unpaired) electrons. The fourth-order valence-electron chi connectivity index (χ4n) is 5.15. The van der Waals surface area contributed by atoms with Crippen molar-refractivity contribution in [1.29, 1.82) is 0 Å². The van der Waals surface area contributed by atoms with Gasteiger partial charge in [-0.25, -0.2) is 4.79 Å². The number of hydrogen-bond acceptors (Lipinski definition) is 7. The SMILES string of the molecule is COCCNCC(CCC(CCCCNC(=O)OCC1CCCCC1)COC)CC(=O)OCc1ccccc1. The molecule has 1 saturated carbocycles. The molecule has 0 bridgehead atoms. The summed E-state index contributed by atoms with van der Waals surface area (Å²) in [7, 11) is 3.42. The minimum absolute atomic E-state index is 0.165. The summed E-state index contributed by atoms with van der Waals surface area (Å²) in [6.45, 7) is 4.31. The number of unbranched alkanes of at least 4 members (excludes halogenated alkanes) is 1. The number of alkyl carbamates (subject to hydrolysis) is 1. The zero-order valence-electron chi connectivity index (χ0n) is 24.3. The van der Waals surface area contributed by atoms with E-state index in [1.165, 1.54) is 32.1 Å². The molecular weight excluding hydrogens is 496 g/mol. The number of benzene rings is 1. The average molecular weight is 549 g/mol. The van der Waals surface area contributed by atoms with Crippen LogP contribution < -0.4 is 10.6 Å². The molecule has 0 spiro atoms. The lowest BCUT2D eigenvalue weighted by Gasteiger charge is -2.22. The second kappa shape index (κ2) is 21.6. The molecule has 0 aliphatic heterocycles. The minimum Gasteiger partial charge on any atom is -0.461 e. The van der Waals surface area contributed by atoms with Crippen molar-refractivity contribution in [3.05, 3.63) is 35.9 Å². The molecule has 1 fully saturated rings. The topological polar surface area (TPSA) is 95.1 Å². The molecule has 1 aliphatic carbocycles. The minimum atomic E-state index is -0.294. The number of rotatable bonds is 21. The summed E-state index contributed by atoms with van der Waals surface area (Å²) in [5, 5.41) is 6.30. The Morgan fingerprint density at radius 1 is 0.897 bits per heavy atom. The van der Waals surface area contributed by atoms with E-state index in [0.717, 1.165) is 50.8 Å². The summed E-state index contributed by atoms with van der Waals surface area (Å²) >= 11 is 0. The van der Waals surface area contributed by atoms with Gasteiger partial charge in [-0.05, 0) is 68.4 Å². The Kier molecular flexibility index (Phi) is 18.3. The first-order valence-electron chi connectivity index (χ1n) is 14.9. The van der Waals surface area contributed by atoms with Gasteiger partial charge in [-0.3, -0.25) is 4.79 Å². The van der Waals surface area contributed by atoms with Gasteiger partial charge in [0.1, 0.15) is 6.61 Å². The van der Waals surface area contributed by atoms with Crippen LogP contribution in [-0.2, 0) is 30.3 Å². The van der Waals surface area contributed by atoms with E-state index in [-0.39, 0.29) is 18.0 Å². The zero-order valence-corrected chi connectivity index (χ0v) is 24.3. The molecule has 0 heterocycles. The van der Waals surface area contributed by atoms with Crippen molar-refractivity contribution < 1.29 is 28.5 Å². The standard InChI is InChI=1S/C31H52N2O6/c1-36-20-19-32-22-29(21-30(34)38-24-26-11-5-3-6-12-26)17-16-28(23-37-2)15-9-10-18-33-31(35)39-25-27-13-7-4-8-14-27/h3,5-6,11-12,27-29,32H,4,7-10,13-25H2,1-2H3,(H,33,35). The van der Waals surface area contributed by atoms with Gasteiger partial charge in [-0.1, -0.05) is 56.0 Å². The number of esters is 1. The van der Waals surface area contributed by atoms with Crippen molar-refractivity contribution >= 4 is 12.1 Å². The van der Waals surface area contributed by atoms with Gasteiger partial charge in [0.2, 0.25) is 0 Å². The Morgan fingerprint density at radius 2 is 1.67 bits per heavy atom. The number of carbonyl (C=O) groups excluding carboxylic acids is 2. The summed E-state index contributed by atoms with van der Waals surface area (Å²) in [4.78, 5) is 24.6. The smallest absolute Gasteiger partial charge is 0.407 e. The van der Waals surface area contributed by atoms with Crippen LogP contribution in [0.4, 0.5) is 4.79 Å². The second-order valence-electron chi connectivity index (χ2n) is 10.8. The summed E-state index contributed by atoms with van der Waals surface area (Å²) in [6.07, 6.45) is 11.1. The van der Waals surface area contributed by atoms with Gasteiger partial charge in [0.25, 0.3) is 0 Å². The second-order valence-corrected chi connectivity index (χ2v) is 10.8. The first-order valence-corrected chi connectivity index (χ1v) is 14.9. The monoisotopic (exact) mass is 548 g/mol. The van der Waals surface area contributed by atoms with E-state index in [4.69, 9.17) is 18.9 Å². The molecule has 8 nitrogen and oxygen atoms in total. The molecule has 1 amide bonds. The van der Waals surface area contributed by atoms with E-state index < -0.39 is 0 Å². The third kappa shape index (κ3) is 16.5. The highest BCUT2D eigenvalue weighted by molar-refractivity contribution is 5.69. The fourth-order valence-corrected chi connectivity index (χ4v) is 5.15. The van der Waals surface area contributed by atoms with E-state index >= 15 is 0 Å². The van der Waals surface area contributed by atoms with E-state index in [9.17, 15) is 9.59 Å². The highest BCUT2D eigenvalue weighted by Crippen LogP contribution is 2.24. The summed E-state index contributed by atoms with van der Waals surface area (Å²) in [5.74, 6) is 0.964. The predicted octanol–water partition coefficient (Wildman–Crippen LogP) is 5.49. The van der Waals surface area contributed by atoms with Crippen molar-refractivity contribution in [2.45, 2.75) is 77.2 Å². The van der Waals surface area contributed by atoms with Crippen LogP contribution in [0.25, 0.3) is 0 Å². The molecule has 2 unspecified atom stereocenters. The highest BCUT2D eigenvalue weighted by atomic mass is 16.5. The third-order valence-corrected chi connectivity index (χ3v) is 7.48. The number of methoxy groups -OCH3 is 2. The van der Waals surface area contributed by atoms with Crippen LogP contribution in [0.1, 0.15) is 76.2 Å². The predicted molar refractivity (Wildman–Crippen MR) is 153 cm³/mol. The summed E-state index contributed by atoms with van der Waals surface area (Å²) < 4.78 is 21.6. The lowest BCUT2D eigenvalue weighted by atomic mass is 9.90. The Balaban J connectivity index is 1.67. The number of hydrogen-bond donors (Lipinski definition) is 2. The highest BCUT2D eigenvalue weighted by Gasteiger charge is 2.19. The molecule has 1 aromatic rings. The van der Waals surface area contributed by atoms with Crippen molar-refractivity contribution in [3.63, 3.8) is 0 Å². The van der Waals surface area contributed by atoms with E-state index in [1.54, 1.807) is 14.2 Å². The van der Waals surface area contributed by atoms with Gasteiger partial charge in [0.15, 0.2) is 0 Å². The van der Waals surface area contributed by atoms with Crippen LogP contribution in [0.5, 0.6) is 0 Å². The molecule has 1 aliphatic rings. The first kappa shape index (κ1) is 33.0. The molecule has 2 rings (SSSR count). The summed E-state index contributed by atoms with van der Waals surface area (Å²) in [6, 6.07) is 9.76. The molecule has 1 aromatic carbocycles. The molecular formula is C31H52N2O6. The fraction of sp³-hybridized carbons (Fsp3) is 0.742. The van der Waals surface area contributed by atoms with Gasteiger partial charge in [-0.15, -0.1) is 0 Å². The Bertz CT molecular complexity index is 757. The van der Waals surface area contributed by atoms with E-state index in [0.29, 0.717) is 51.2 Å². The first-order chi connectivity index (χ1) is 19.1. The summed E-state index contributed by atoms with van der Waals surface area (Å²) in [5.41, 5.74) is 0.993. The van der Waals surface area contributed by atoms with Crippen molar-refractivity contribution in [3.8, 4) is 0 Å². The maximum atomic E-state index is 12.6. The Labute approximate surface area is 235 Å². The zero-order chi connectivity index (χ0) is 28.0. The van der Waals surface area contributed by atoms with Crippen LogP contribution in [0.3, 0.4) is 0 Å².